The summed E-state index contributed by atoms with van der Waals surface area (Å²) >= 11 is 6.00. The van der Waals surface area contributed by atoms with Gasteiger partial charge in [-0.2, -0.15) is 0 Å². The third-order valence-corrected chi connectivity index (χ3v) is 4.73. The van der Waals surface area contributed by atoms with E-state index in [1.165, 1.54) is 19.3 Å². The highest BCUT2D eigenvalue weighted by Gasteiger charge is 2.21. The molecule has 1 N–H and O–H groups in total. The van der Waals surface area contributed by atoms with Crippen LogP contribution in [0.2, 0.25) is 5.02 Å². The average molecular weight is 354 g/mol. The number of carbonyl (C=O) groups is 1. The van der Waals surface area contributed by atoms with E-state index in [0.29, 0.717) is 23.0 Å². The summed E-state index contributed by atoms with van der Waals surface area (Å²) < 4.78 is 5.26. The Morgan fingerprint density at radius 2 is 2.08 bits per heavy atom. The van der Waals surface area contributed by atoms with Crippen molar-refractivity contribution in [2.75, 3.05) is 52.7 Å². The molecular weight excluding hydrogens is 326 g/mol. The summed E-state index contributed by atoms with van der Waals surface area (Å²) in [6.45, 7) is 3.52. The molecule has 24 heavy (non-hydrogen) atoms. The van der Waals surface area contributed by atoms with Gasteiger partial charge in [0.25, 0.3) is 0 Å². The minimum atomic E-state index is -0.0256. The normalized spacial score (nSPS) is 16.4. The van der Waals surface area contributed by atoms with Crippen LogP contribution in [0.1, 0.15) is 19.3 Å². The predicted molar refractivity (Wildman–Crippen MR) is 99.0 cm³/mol. The summed E-state index contributed by atoms with van der Waals surface area (Å²) in [5, 5.41) is 3.48. The SMILES string of the molecule is COc1ccc(Cl)cc1NC(=O)CN1CCC(CCN(C)C)CC1. The van der Waals surface area contributed by atoms with E-state index in [2.05, 4.69) is 29.2 Å². The van der Waals surface area contributed by atoms with Crippen LogP contribution in [-0.4, -0.2) is 63.1 Å². The van der Waals surface area contributed by atoms with Gasteiger partial charge in [-0.05, 0) is 77.1 Å². The Bertz CT molecular complexity index is 543. The van der Waals surface area contributed by atoms with Gasteiger partial charge in [-0.1, -0.05) is 11.6 Å². The Morgan fingerprint density at radius 3 is 2.71 bits per heavy atom. The van der Waals surface area contributed by atoms with Crippen LogP contribution in [0.4, 0.5) is 5.69 Å². The Kier molecular flexibility index (Phi) is 7.34. The first-order chi connectivity index (χ1) is 11.5. The van der Waals surface area contributed by atoms with E-state index >= 15 is 0 Å². The molecule has 1 heterocycles. The summed E-state index contributed by atoms with van der Waals surface area (Å²) in [7, 11) is 5.81. The molecule has 0 spiro atoms. The van der Waals surface area contributed by atoms with Gasteiger partial charge in [0.05, 0.1) is 19.3 Å². The largest absolute Gasteiger partial charge is 0.495 e. The minimum absolute atomic E-state index is 0.0256. The molecule has 0 atom stereocenters. The number of likely N-dealkylation sites (tertiary alicyclic amines) is 1. The van der Waals surface area contributed by atoms with Crippen LogP contribution in [-0.2, 0) is 4.79 Å². The van der Waals surface area contributed by atoms with E-state index < -0.39 is 0 Å². The molecule has 1 aromatic carbocycles. The van der Waals surface area contributed by atoms with E-state index in [1.54, 1.807) is 25.3 Å². The molecule has 1 aromatic rings. The minimum Gasteiger partial charge on any atom is -0.495 e. The molecule has 1 saturated heterocycles. The first kappa shape index (κ1) is 19.0. The van der Waals surface area contributed by atoms with Crippen molar-refractivity contribution in [1.29, 1.82) is 0 Å². The van der Waals surface area contributed by atoms with Crippen molar-refractivity contribution in [1.82, 2.24) is 9.80 Å². The summed E-state index contributed by atoms with van der Waals surface area (Å²) in [4.78, 5) is 16.8. The third-order valence-electron chi connectivity index (χ3n) is 4.49. The Labute approximate surface area is 149 Å². The van der Waals surface area contributed by atoms with Gasteiger partial charge in [0, 0.05) is 5.02 Å². The number of rotatable bonds is 7. The number of ether oxygens (including phenoxy) is 1. The topological polar surface area (TPSA) is 44.8 Å². The fourth-order valence-corrected chi connectivity index (χ4v) is 3.22. The smallest absolute Gasteiger partial charge is 0.238 e. The number of methoxy groups -OCH3 is 1. The Hall–Kier alpha value is -1.30. The van der Waals surface area contributed by atoms with Crippen LogP contribution in [0.3, 0.4) is 0 Å². The van der Waals surface area contributed by atoms with Crippen molar-refractivity contribution >= 4 is 23.2 Å². The maximum Gasteiger partial charge on any atom is 0.238 e. The second-order valence-corrected chi connectivity index (χ2v) is 7.14. The predicted octanol–water partition coefficient (Wildman–Crippen LogP) is 2.95. The second kappa shape index (κ2) is 9.25. The van der Waals surface area contributed by atoms with E-state index in [9.17, 15) is 4.79 Å². The molecule has 1 amide bonds. The zero-order valence-corrected chi connectivity index (χ0v) is 15.6. The molecule has 0 aromatic heterocycles. The highest BCUT2D eigenvalue weighted by molar-refractivity contribution is 6.31. The van der Waals surface area contributed by atoms with Gasteiger partial charge >= 0.3 is 0 Å². The second-order valence-electron chi connectivity index (χ2n) is 6.70. The molecule has 2 rings (SSSR count). The standard InChI is InChI=1S/C18H28ClN3O2/c1-21(2)9-6-14-7-10-22(11-8-14)13-18(23)20-16-12-15(19)4-5-17(16)24-3/h4-5,12,14H,6-11,13H2,1-3H3,(H,20,23). The Morgan fingerprint density at radius 1 is 1.38 bits per heavy atom. The number of benzene rings is 1. The van der Waals surface area contributed by atoms with Crippen molar-refractivity contribution in [3.63, 3.8) is 0 Å². The molecule has 0 bridgehead atoms. The number of hydrogen-bond donors (Lipinski definition) is 1. The molecule has 0 saturated carbocycles. The lowest BCUT2D eigenvalue weighted by Gasteiger charge is -2.32. The van der Waals surface area contributed by atoms with Crippen LogP contribution in [0.5, 0.6) is 5.75 Å². The summed E-state index contributed by atoms with van der Waals surface area (Å²) in [5.41, 5.74) is 0.621. The number of nitrogens with zero attached hydrogens (tertiary/aromatic N) is 2. The molecule has 0 radical (unpaired) electrons. The first-order valence-electron chi connectivity index (χ1n) is 8.48. The molecular formula is C18H28ClN3O2. The van der Waals surface area contributed by atoms with Gasteiger partial charge in [0.2, 0.25) is 5.91 Å². The van der Waals surface area contributed by atoms with E-state index in [-0.39, 0.29) is 5.91 Å². The number of hydrogen-bond acceptors (Lipinski definition) is 4. The van der Waals surface area contributed by atoms with Crippen LogP contribution in [0.15, 0.2) is 18.2 Å². The van der Waals surface area contributed by atoms with Gasteiger partial charge in [0.1, 0.15) is 5.75 Å². The molecule has 5 nitrogen and oxygen atoms in total. The van der Waals surface area contributed by atoms with Gasteiger partial charge in [-0.3, -0.25) is 9.69 Å². The number of carbonyl (C=O) groups excluding carboxylic acids is 1. The van der Waals surface area contributed by atoms with Crippen molar-refractivity contribution in [3.05, 3.63) is 23.2 Å². The van der Waals surface area contributed by atoms with Crippen LogP contribution < -0.4 is 10.1 Å². The molecule has 0 unspecified atom stereocenters. The van der Waals surface area contributed by atoms with Gasteiger partial charge in [-0.25, -0.2) is 0 Å². The van der Waals surface area contributed by atoms with E-state index in [4.69, 9.17) is 16.3 Å². The monoisotopic (exact) mass is 353 g/mol. The zero-order chi connectivity index (χ0) is 17.5. The molecule has 1 aliphatic heterocycles. The fourth-order valence-electron chi connectivity index (χ4n) is 3.04. The van der Waals surface area contributed by atoms with E-state index in [1.807, 2.05) is 0 Å². The summed E-state index contributed by atoms with van der Waals surface area (Å²) in [5.74, 6) is 1.37. The number of halogens is 1. The van der Waals surface area contributed by atoms with Crippen molar-refractivity contribution in [2.24, 2.45) is 5.92 Å². The average Bonchev–Trinajstić information content (AvgIpc) is 2.54. The molecule has 134 valence electrons. The highest BCUT2D eigenvalue weighted by atomic mass is 35.5. The van der Waals surface area contributed by atoms with Gasteiger partial charge in [0.15, 0.2) is 0 Å². The lowest BCUT2D eigenvalue weighted by Crippen LogP contribution is -2.39. The van der Waals surface area contributed by atoms with Crippen LogP contribution in [0.25, 0.3) is 0 Å². The number of amides is 1. The van der Waals surface area contributed by atoms with Crippen LogP contribution >= 0.6 is 11.6 Å². The fraction of sp³-hybridized carbons (Fsp3) is 0.611. The van der Waals surface area contributed by atoms with Crippen molar-refractivity contribution in [3.8, 4) is 5.75 Å². The highest BCUT2D eigenvalue weighted by Crippen LogP contribution is 2.27. The number of piperidine rings is 1. The lowest BCUT2D eigenvalue weighted by atomic mass is 9.93. The summed E-state index contributed by atoms with van der Waals surface area (Å²) in [6.07, 6.45) is 3.58. The Balaban J connectivity index is 1.79. The number of nitrogens with one attached hydrogen (secondary N) is 1. The molecule has 1 fully saturated rings. The third kappa shape index (κ3) is 5.96. The number of anilines is 1. The van der Waals surface area contributed by atoms with Gasteiger partial charge in [-0.15, -0.1) is 0 Å². The zero-order valence-electron chi connectivity index (χ0n) is 14.8. The maximum atomic E-state index is 12.3. The molecule has 0 aliphatic carbocycles. The van der Waals surface area contributed by atoms with E-state index in [0.717, 1.165) is 25.6 Å². The van der Waals surface area contributed by atoms with Crippen LogP contribution in [0, 0.1) is 5.92 Å². The maximum absolute atomic E-state index is 12.3. The lowest BCUT2D eigenvalue weighted by molar-refractivity contribution is -0.117. The molecule has 1 aliphatic rings. The quantitative estimate of drug-likeness (QED) is 0.818. The van der Waals surface area contributed by atoms with Crippen molar-refractivity contribution < 1.29 is 9.53 Å². The van der Waals surface area contributed by atoms with Gasteiger partial charge < -0.3 is 15.0 Å². The first-order valence-corrected chi connectivity index (χ1v) is 8.86. The summed E-state index contributed by atoms with van der Waals surface area (Å²) in [6, 6.07) is 5.22. The molecule has 6 heteroatoms. The van der Waals surface area contributed by atoms with Crippen molar-refractivity contribution in [2.45, 2.75) is 19.3 Å².